The quantitative estimate of drug-likeness (QED) is 0.104. The van der Waals surface area contributed by atoms with Crippen LogP contribution in [0.3, 0.4) is 0 Å². The first-order chi connectivity index (χ1) is 14.7. The maximum atomic E-state index is 12.0. The zero-order valence-corrected chi connectivity index (χ0v) is 20.2. The van der Waals surface area contributed by atoms with E-state index in [0.29, 0.717) is 6.42 Å². The predicted molar refractivity (Wildman–Crippen MR) is 125 cm³/mol. The van der Waals surface area contributed by atoms with Crippen molar-refractivity contribution in [3.63, 3.8) is 0 Å². The molecule has 3 atom stereocenters. The molecule has 0 bridgehead atoms. The molecule has 0 aromatic carbocycles. The number of unbranched alkanes of at least 4 members (excludes halogenated alkanes) is 11. The van der Waals surface area contributed by atoms with Crippen LogP contribution >= 0.6 is 0 Å². The molecule has 0 saturated heterocycles. The van der Waals surface area contributed by atoms with Crippen molar-refractivity contribution in [2.45, 2.75) is 135 Å². The van der Waals surface area contributed by atoms with Crippen LogP contribution in [-0.4, -0.2) is 46.7 Å². The highest BCUT2D eigenvalue weighted by Crippen LogP contribution is 2.15. The number of aliphatic hydroxyl groups excluding tert-OH is 2. The van der Waals surface area contributed by atoms with E-state index in [4.69, 9.17) is 10.3 Å². The van der Waals surface area contributed by atoms with E-state index in [2.05, 4.69) is 22.3 Å². The molecule has 0 spiro atoms. The molecule has 0 saturated carbocycles. The van der Waals surface area contributed by atoms with Crippen molar-refractivity contribution in [3.05, 3.63) is 10.4 Å². The van der Waals surface area contributed by atoms with Crippen LogP contribution in [0, 0.1) is 0 Å². The Balaban J connectivity index is 4.06. The van der Waals surface area contributed by atoms with Gasteiger partial charge in [0.15, 0.2) is 0 Å². The first-order valence-electron chi connectivity index (χ1n) is 12.1. The highest BCUT2D eigenvalue weighted by atomic mass is 16.6. The lowest BCUT2D eigenvalue weighted by atomic mass is 9.99. The van der Waals surface area contributed by atoms with E-state index in [0.717, 1.165) is 19.3 Å². The van der Waals surface area contributed by atoms with Gasteiger partial charge in [0.05, 0.1) is 12.1 Å². The number of amides is 1. The summed E-state index contributed by atoms with van der Waals surface area (Å²) in [5, 5.41) is 26.7. The molecule has 1 amide bonds. The fraction of sp³-hybridized carbons (Fsp3) is 0.957. The third-order valence-corrected chi connectivity index (χ3v) is 5.20. The van der Waals surface area contributed by atoms with E-state index in [-0.39, 0.29) is 6.54 Å². The normalized spacial score (nSPS) is 14.4. The van der Waals surface area contributed by atoms with Crippen LogP contribution in [0.15, 0.2) is 5.11 Å². The van der Waals surface area contributed by atoms with Crippen LogP contribution in [-0.2, 0) is 4.74 Å². The standard InChI is InChI=1S/C23H46N4O4/c1-5-6-7-8-9-10-11-12-13-14-15-16-17-20(28)21(29)19(18-25-27-24)26-22(30)31-23(2,3)4/h19-21,28-29H,5-18H2,1-4H3,(H,26,30)/t19-,20-,21-/m0/s1. The number of ether oxygens (including phenoxy) is 1. The Morgan fingerprint density at radius 1 is 0.968 bits per heavy atom. The lowest BCUT2D eigenvalue weighted by Gasteiger charge is -2.28. The number of alkyl carbamates (subject to hydrolysis) is 1. The zero-order chi connectivity index (χ0) is 23.5. The number of carbonyl (C=O) groups excluding carboxylic acids is 1. The van der Waals surface area contributed by atoms with Gasteiger partial charge in [0.2, 0.25) is 0 Å². The average Bonchev–Trinajstić information content (AvgIpc) is 2.69. The van der Waals surface area contributed by atoms with Gasteiger partial charge in [-0.2, -0.15) is 0 Å². The minimum absolute atomic E-state index is 0.160. The Morgan fingerprint density at radius 2 is 1.45 bits per heavy atom. The van der Waals surface area contributed by atoms with E-state index < -0.39 is 29.9 Å². The van der Waals surface area contributed by atoms with Gasteiger partial charge in [0.1, 0.15) is 11.7 Å². The molecule has 0 radical (unpaired) electrons. The molecule has 0 unspecified atom stereocenters. The van der Waals surface area contributed by atoms with Gasteiger partial charge in [-0.15, -0.1) is 0 Å². The minimum Gasteiger partial charge on any atom is -0.444 e. The summed E-state index contributed by atoms with van der Waals surface area (Å²) in [5.74, 6) is 0. The second kappa shape index (κ2) is 18.1. The second-order valence-corrected chi connectivity index (χ2v) is 9.40. The van der Waals surface area contributed by atoms with Crippen LogP contribution in [0.25, 0.3) is 10.4 Å². The van der Waals surface area contributed by atoms with Gasteiger partial charge in [-0.05, 0) is 32.7 Å². The van der Waals surface area contributed by atoms with Crippen LogP contribution in [0.5, 0.6) is 0 Å². The number of rotatable bonds is 18. The molecular weight excluding hydrogens is 396 g/mol. The summed E-state index contributed by atoms with van der Waals surface area (Å²) >= 11 is 0. The van der Waals surface area contributed by atoms with Gasteiger partial charge in [-0.3, -0.25) is 0 Å². The van der Waals surface area contributed by atoms with Gasteiger partial charge >= 0.3 is 6.09 Å². The molecule has 8 heteroatoms. The summed E-state index contributed by atoms with van der Waals surface area (Å²) in [4.78, 5) is 14.6. The highest BCUT2D eigenvalue weighted by molar-refractivity contribution is 5.68. The maximum Gasteiger partial charge on any atom is 0.407 e. The number of aliphatic hydroxyl groups is 2. The number of nitrogens with zero attached hydrogens (tertiary/aromatic N) is 3. The topological polar surface area (TPSA) is 128 Å². The van der Waals surface area contributed by atoms with Crippen molar-refractivity contribution in [2.75, 3.05) is 6.54 Å². The van der Waals surface area contributed by atoms with Gasteiger partial charge in [0.25, 0.3) is 0 Å². The fourth-order valence-electron chi connectivity index (χ4n) is 3.46. The molecule has 0 aliphatic rings. The summed E-state index contributed by atoms with van der Waals surface area (Å²) in [6.45, 7) is 7.27. The number of carbonyl (C=O) groups is 1. The van der Waals surface area contributed by atoms with Crippen molar-refractivity contribution >= 4 is 6.09 Å². The van der Waals surface area contributed by atoms with E-state index in [1.807, 2.05) is 0 Å². The molecule has 0 heterocycles. The Bertz CT molecular complexity index is 504. The summed E-state index contributed by atoms with van der Waals surface area (Å²) in [6, 6.07) is -0.905. The molecule has 0 aromatic rings. The third kappa shape index (κ3) is 17.8. The fourth-order valence-corrected chi connectivity index (χ4v) is 3.46. The molecular formula is C23H46N4O4. The number of nitrogens with one attached hydrogen (secondary N) is 1. The Hall–Kier alpha value is -1.50. The number of hydrogen-bond donors (Lipinski definition) is 3. The van der Waals surface area contributed by atoms with Gasteiger partial charge in [-0.25, -0.2) is 4.79 Å². The Labute approximate surface area is 188 Å². The molecule has 0 aliphatic heterocycles. The zero-order valence-electron chi connectivity index (χ0n) is 20.2. The van der Waals surface area contributed by atoms with Crippen LogP contribution in [0.1, 0.15) is 111 Å². The van der Waals surface area contributed by atoms with Gasteiger partial charge in [0, 0.05) is 11.5 Å². The third-order valence-electron chi connectivity index (χ3n) is 5.20. The number of azide groups is 1. The summed E-state index contributed by atoms with van der Waals surface area (Å²) < 4.78 is 5.18. The predicted octanol–water partition coefficient (Wildman–Crippen LogP) is 6.00. The van der Waals surface area contributed by atoms with E-state index in [1.54, 1.807) is 20.8 Å². The van der Waals surface area contributed by atoms with Crippen LogP contribution in [0.2, 0.25) is 0 Å². The Morgan fingerprint density at radius 3 is 1.90 bits per heavy atom. The first kappa shape index (κ1) is 29.5. The van der Waals surface area contributed by atoms with Crippen LogP contribution in [0.4, 0.5) is 4.79 Å². The van der Waals surface area contributed by atoms with Crippen molar-refractivity contribution in [1.29, 1.82) is 0 Å². The molecule has 0 aliphatic carbocycles. The lowest BCUT2D eigenvalue weighted by Crippen LogP contribution is -2.51. The Kier molecular flexibility index (Phi) is 17.2. The SMILES string of the molecule is CCCCCCCCCCCCCC[C@H](O)[C@@H](O)[C@H](CN=[N+]=[N-])NC(=O)OC(C)(C)C. The largest absolute Gasteiger partial charge is 0.444 e. The smallest absolute Gasteiger partial charge is 0.407 e. The van der Waals surface area contributed by atoms with E-state index >= 15 is 0 Å². The molecule has 3 N–H and O–H groups in total. The first-order valence-corrected chi connectivity index (χ1v) is 12.1. The minimum atomic E-state index is -1.23. The molecule has 0 aromatic heterocycles. The summed E-state index contributed by atoms with van der Waals surface area (Å²) in [5.41, 5.74) is 7.86. The molecule has 0 rings (SSSR count). The van der Waals surface area contributed by atoms with Gasteiger partial charge < -0.3 is 20.3 Å². The molecule has 31 heavy (non-hydrogen) atoms. The van der Waals surface area contributed by atoms with Crippen molar-refractivity contribution in [3.8, 4) is 0 Å². The lowest BCUT2D eigenvalue weighted by molar-refractivity contribution is -0.0118. The van der Waals surface area contributed by atoms with E-state index in [9.17, 15) is 15.0 Å². The van der Waals surface area contributed by atoms with Crippen LogP contribution < -0.4 is 5.32 Å². The second-order valence-electron chi connectivity index (χ2n) is 9.40. The summed E-state index contributed by atoms with van der Waals surface area (Å²) in [7, 11) is 0. The number of hydrogen-bond acceptors (Lipinski definition) is 5. The van der Waals surface area contributed by atoms with Gasteiger partial charge in [-0.1, -0.05) is 89.1 Å². The molecule has 182 valence electrons. The van der Waals surface area contributed by atoms with E-state index in [1.165, 1.54) is 57.8 Å². The average molecular weight is 443 g/mol. The van der Waals surface area contributed by atoms with Crippen molar-refractivity contribution in [1.82, 2.24) is 5.32 Å². The summed E-state index contributed by atoms with van der Waals surface area (Å²) in [6.07, 6.45) is 12.2. The maximum absolute atomic E-state index is 12.0. The van der Waals surface area contributed by atoms with Crippen molar-refractivity contribution in [2.24, 2.45) is 5.11 Å². The monoisotopic (exact) mass is 442 g/mol. The molecule has 0 fully saturated rings. The van der Waals surface area contributed by atoms with Crippen molar-refractivity contribution < 1.29 is 19.7 Å². The highest BCUT2D eigenvalue weighted by Gasteiger charge is 2.28. The molecule has 8 nitrogen and oxygen atoms in total.